The summed E-state index contributed by atoms with van der Waals surface area (Å²) in [6, 6.07) is 0. The monoisotopic (exact) mass is 277 g/mol. The van der Waals surface area contributed by atoms with Crippen LogP contribution in [0.4, 0.5) is 0 Å². The Balaban J connectivity index is 0. The molecule has 0 rings (SSSR count). The first-order chi connectivity index (χ1) is 6.39. The van der Waals surface area contributed by atoms with Crippen LogP contribution in [0.2, 0.25) is 0 Å². The van der Waals surface area contributed by atoms with Crippen LogP contribution in [0.3, 0.4) is 0 Å². The topological polar surface area (TPSA) is 20.2 Å². The molecule has 0 fully saturated rings. The zero-order valence-electron chi connectivity index (χ0n) is 10.6. The van der Waals surface area contributed by atoms with Crippen molar-refractivity contribution >= 4 is 0 Å². The molecule has 0 aliphatic heterocycles. The summed E-state index contributed by atoms with van der Waals surface area (Å²) in [5, 5.41) is 9.45. The SMILES string of the molecule is CC[N+](CC)(CC)CC#CC(C)(C)O.[Br-]. The molecule has 3 heteroatoms. The first-order valence-electron chi connectivity index (χ1n) is 5.46. The third kappa shape index (κ3) is 6.94. The lowest BCUT2D eigenvalue weighted by atomic mass is 10.1. The lowest BCUT2D eigenvalue weighted by Crippen LogP contribution is -3.00. The minimum absolute atomic E-state index is 0. The molecule has 15 heavy (non-hydrogen) atoms. The molecule has 0 radical (unpaired) electrons. The molecule has 0 unspecified atom stereocenters. The normalized spacial score (nSPS) is 11.3. The van der Waals surface area contributed by atoms with Crippen molar-refractivity contribution in [3.63, 3.8) is 0 Å². The lowest BCUT2D eigenvalue weighted by molar-refractivity contribution is -0.916. The van der Waals surface area contributed by atoms with Crippen LogP contribution in [0.25, 0.3) is 0 Å². The second-order valence-electron chi connectivity index (χ2n) is 4.31. The van der Waals surface area contributed by atoms with Gasteiger partial charge >= 0.3 is 0 Å². The molecule has 0 aliphatic carbocycles. The van der Waals surface area contributed by atoms with Gasteiger partial charge in [-0.15, -0.1) is 0 Å². The summed E-state index contributed by atoms with van der Waals surface area (Å²) in [5.41, 5.74) is -0.856. The van der Waals surface area contributed by atoms with Gasteiger partial charge in [0.05, 0.1) is 19.6 Å². The summed E-state index contributed by atoms with van der Waals surface area (Å²) in [6.07, 6.45) is 0. The van der Waals surface area contributed by atoms with Gasteiger partial charge in [-0.05, 0) is 40.5 Å². The predicted molar refractivity (Wildman–Crippen MR) is 60.8 cm³/mol. The number of halogens is 1. The van der Waals surface area contributed by atoms with Crippen LogP contribution in [0, 0.1) is 11.8 Å². The van der Waals surface area contributed by atoms with Crippen molar-refractivity contribution in [1.29, 1.82) is 0 Å². The van der Waals surface area contributed by atoms with E-state index in [9.17, 15) is 5.11 Å². The summed E-state index contributed by atoms with van der Waals surface area (Å²) in [6.45, 7) is 14.2. The second-order valence-corrected chi connectivity index (χ2v) is 4.31. The molecule has 0 aliphatic rings. The van der Waals surface area contributed by atoms with E-state index in [0.717, 1.165) is 30.7 Å². The van der Waals surface area contributed by atoms with Crippen LogP contribution in [-0.4, -0.2) is 41.4 Å². The Bertz CT molecular complexity index is 210. The molecule has 0 aromatic rings. The molecule has 0 aromatic heterocycles. The Morgan fingerprint density at radius 1 is 1.07 bits per heavy atom. The highest BCUT2D eigenvalue weighted by Crippen LogP contribution is 2.05. The first-order valence-corrected chi connectivity index (χ1v) is 5.46. The van der Waals surface area contributed by atoms with Gasteiger partial charge in [0.15, 0.2) is 0 Å². The van der Waals surface area contributed by atoms with Crippen molar-refractivity contribution in [1.82, 2.24) is 0 Å². The maximum atomic E-state index is 9.45. The zero-order valence-corrected chi connectivity index (χ0v) is 12.2. The van der Waals surface area contributed by atoms with Gasteiger partial charge in [0.2, 0.25) is 0 Å². The van der Waals surface area contributed by atoms with E-state index < -0.39 is 5.60 Å². The molecule has 1 N–H and O–H groups in total. The maximum Gasteiger partial charge on any atom is 0.141 e. The highest BCUT2D eigenvalue weighted by Gasteiger charge is 2.18. The maximum absolute atomic E-state index is 9.45. The highest BCUT2D eigenvalue weighted by molar-refractivity contribution is 5.10. The van der Waals surface area contributed by atoms with Gasteiger partial charge in [0.1, 0.15) is 12.1 Å². The summed E-state index contributed by atoms with van der Waals surface area (Å²) in [5.74, 6) is 5.96. The predicted octanol–water partition coefficient (Wildman–Crippen LogP) is -1.36. The molecule has 2 nitrogen and oxygen atoms in total. The zero-order chi connectivity index (χ0) is 11.2. The van der Waals surface area contributed by atoms with Gasteiger partial charge in [-0.3, -0.25) is 0 Å². The molecular weight excluding hydrogens is 254 g/mol. The van der Waals surface area contributed by atoms with E-state index in [0.29, 0.717) is 0 Å². The average molecular weight is 278 g/mol. The molecular formula is C12H24BrNO. The Labute approximate surface area is 105 Å². The van der Waals surface area contributed by atoms with Crippen LogP contribution in [-0.2, 0) is 0 Å². The Morgan fingerprint density at radius 2 is 1.47 bits per heavy atom. The Kier molecular flexibility index (Phi) is 8.41. The van der Waals surface area contributed by atoms with Crippen molar-refractivity contribution in [2.45, 2.75) is 40.2 Å². The van der Waals surface area contributed by atoms with Crippen LogP contribution in [0.15, 0.2) is 0 Å². The molecule has 0 aromatic carbocycles. The molecule has 0 saturated carbocycles. The number of rotatable bonds is 4. The van der Waals surface area contributed by atoms with Crippen LogP contribution in [0.5, 0.6) is 0 Å². The number of hydrogen-bond acceptors (Lipinski definition) is 1. The van der Waals surface area contributed by atoms with Gasteiger partial charge in [0.25, 0.3) is 0 Å². The van der Waals surface area contributed by atoms with Crippen molar-refractivity contribution in [2.24, 2.45) is 0 Å². The Hall–Kier alpha value is -0.0400. The summed E-state index contributed by atoms with van der Waals surface area (Å²) >= 11 is 0. The van der Waals surface area contributed by atoms with E-state index in [1.165, 1.54) is 0 Å². The van der Waals surface area contributed by atoms with Crippen LogP contribution in [0.1, 0.15) is 34.6 Å². The van der Waals surface area contributed by atoms with Crippen molar-refractivity contribution in [3.8, 4) is 11.8 Å². The smallest absolute Gasteiger partial charge is 0.141 e. The van der Waals surface area contributed by atoms with Gasteiger partial charge in [0, 0.05) is 0 Å². The average Bonchev–Trinajstić information content (AvgIpc) is 2.11. The van der Waals surface area contributed by atoms with Crippen molar-refractivity contribution in [2.75, 3.05) is 26.2 Å². The molecule has 0 heterocycles. The molecule has 0 saturated heterocycles. The highest BCUT2D eigenvalue weighted by atomic mass is 79.9. The molecule has 0 spiro atoms. The Morgan fingerprint density at radius 3 is 1.73 bits per heavy atom. The van der Waals surface area contributed by atoms with Crippen molar-refractivity contribution < 1.29 is 26.6 Å². The third-order valence-corrected chi connectivity index (χ3v) is 2.82. The van der Waals surface area contributed by atoms with Gasteiger partial charge in [-0.2, -0.15) is 0 Å². The van der Waals surface area contributed by atoms with Crippen molar-refractivity contribution in [3.05, 3.63) is 0 Å². The van der Waals surface area contributed by atoms with Crippen LogP contribution >= 0.6 is 0 Å². The van der Waals surface area contributed by atoms with Gasteiger partial charge < -0.3 is 26.6 Å². The minimum Gasteiger partial charge on any atom is -1.00 e. The molecule has 90 valence electrons. The third-order valence-electron chi connectivity index (χ3n) is 2.82. The largest absolute Gasteiger partial charge is 1.00 e. The van der Waals surface area contributed by atoms with E-state index in [1.807, 2.05) is 0 Å². The van der Waals surface area contributed by atoms with E-state index in [2.05, 4.69) is 32.6 Å². The molecule has 0 bridgehead atoms. The van der Waals surface area contributed by atoms with Crippen LogP contribution < -0.4 is 17.0 Å². The second kappa shape index (κ2) is 7.27. The van der Waals surface area contributed by atoms with E-state index in [-0.39, 0.29) is 17.0 Å². The minimum atomic E-state index is -0.856. The quantitative estimate of drug-likeness (QED) is 0.497. The van der Waals surface area contributed by atoms with E-state index in [1.54, 1.807) is 13.8 Å². The fourth-order valence-electron chi connectivity index (χ4n) is 1.43. The van der Waals surface area contributed by atoms with Gasteiger partial charge in [-0.1, -0.05) is 5.92 Å². The molecule has 0 amide bonds. The summed E-state index contributed by atoms with van der Waals surface area (Å²) in [4.78, 5) is 0. The standard InChI is InChI=1S/C12H24NO.BrH/c1-6-13(7-2,8-3)11-9-10-12(4,5)14;/h14H,6-8,11H2,1-5H3;1H/q+1;/p-1. The first kappa shape index (κ1) is 17.4. The fourth-order valence-corrected chi connectivity index (χ4v) is 1.43. The number of aliphatic hydroxyl groups is 1. The van der Waals surface area contributed by atoms with E-state index >= 15 is 0 Å². The number of nitrogens with zero attached hydrogens (tertiary/aromatic N) is 1. The molecule has 0 atom stereocenters. The number of quaternary nitrogens is 1. The fraction of sp³-hybridized carbons (Fsp3) is 0.833. The number of hydrogen-bond donors (Lipinski definition) is 1. The van der Waals surface area contributed by atoms with Gasteiger partial charge in [-0.25, -0.2) is 0 Å². The van der Waals surface area contributed by atoms with E-state index in [4.69, 9.17) is 0 Å². The lowest BCUT2D eigenvalue weighted by Gasteiger charge is -2.33. The summed E-state index contributed by atoms with van der Waals surface area (Å²) in [7, 11) is 0. The summed E-state index contributed by atoms with van der Waals surface area (Å²) < 4.78 is 1.02.